The van der Waals surface area contributed by atoms with Gasteiger partial charge in [0, 0.05) is 31.3 Å². The number of hydrogen-bond donors (Lipinski definition) is 0. The van der Waals surface area contributed by atoms with E-state index in [1.165, 1.54) is 0 Å². The molecule has 1 aromatic heterocycles. The van der Waals surface area contributed by atoms with Gasteiger partial charge in [0.2, 0.25) is 6.23 Å². The SMILES string of the molecule is O=C1CC=C(c2ccc(OCc3ccccn3)cc2)OC1N1CCOCC1. The molecule has 0 saturated carbocycles. The molecule has 1 saturated heterocycles. The van der Waals surface area contributed by atoms with Gasteiger partial charge in [-0.3, -0.25) is 14.7 Å². The lowest BCUT2D eigenvalue weighted by Gasteiger charge is -2.35. The Labute approximate surface area is 158 Å². The first-order chi connectivity index (χ1) is 13.3. The molecule has 27 heavy (non-hydrogen) atoms. The summed E-state index contributed by atoms with van der Waals surface area (Å²) in [5, 5.41) is 0. The third kappa shape index (κ3) is 4.35. The monoisotopic (exact) mass is 366 g/mol. The molecule has 0 radical (unpaired) electrons. The van der Waals surface area contributed by atoms with Gasteiger partial charge in [-0.25, -0.2) is 0 Å². The van der Waals surface area contributed by atoms with Crippen LogP contribution in [-0.4, -0.2) is 48.2 Å². The molecule has 1 aromatic carbocycles. The molecular formula is C21H22N2O4. The topological polar surface area (TPSA) is 60.9 Å². The van der Waals surface area contributed by atoms with E-state index in [-0.39, 0.29) is 5.78 Å². The molecule has 6 nitrogen and oxygen atoms in total. The lowest BCUT2D eigenvalue weighted by Crippen LogP contribution is -2.49. The van der Waals surface area contributed by atoms with Gasteiger partial charge >= 0.3 is 0 Å². The van der Waals surface area contributed by atoms with Crippen molar-refractivity contribution in [3.8, 4) is 5.75 Å². The molecule has 3 heterocycles. The van der Waals surface area contributed by atoms with E-state index in [1.54, 1.807) is 6.20 Å². The molecule has 0 bridgehead atoms. The van der Waals surface area contributed by atoms with Crippen molar-refractivity contribution in [1.29, 1.82) is 0 Å². The van der Waals surface area contributed by atoms with Crippen LogP contribution in [0.1, 0.15) is 17.7 Å². The first-order valence-corrected chi connectivity index (χ1v) is 9.14. The molecule has 6 heteroatoms. The predicted molar refractivity (Wildman–Crippen MR) is 99.9 cm³/mol. The van der Waals surface area contributed by atoms with Crippen LogP contribution in [-0.2, 0) is 20.9 Å². The van der Waals surface area contributed by atoms with E-state index in [9.17, 15) is 4.79 Å². The van der Waals surface area contributed by atoms with Gasteiger partial charge in [-0.1, -0.05) is 6.07 Å². The smallest absolute Gasteiger partial charge is 0.212 e. The lowest BCUT2D eigenvalue weighted by molar-refractivity contribution is -0.141. The highest BCUT2D eigenvalue weighted by atomic mass is 16.5. The maximum absolute atomic E-state index is 12.3. The van der Waals surface area contributed by atoms with Gasteiger partial charge in [0.15, 0.2) is 5.78 Å². The van der Waals surface area contributed by atoms with Crippen molar-refractivity contribution in [2.24, 2.45) is 0 Å². The van der Waals surface area contributed by atoms with Crippen molar-refractivity contribution in [2.45, 2.75) is 19.3 Å². The van der Waals surface area contributed by atoms with Gasteiger partial charge in [0.25, 0.3) is 0 Å². The second-order valence-corrected chi connectivity index (χ2v) is 6.49. The number of carbonyl (C=O) groups is 1. The van der Waals surface area contributed by atoms with Crippen LogP contribution in [0.4, 0.5) is 0 Å². The molecule has 1 fully saturated rings. The Kier molecular flexibility index (Phi) is 5.46. The zero-order valence-corrected chi connectivity index (χ0v) is 15.0. The zero-order chi connectivity index (χ0) is 18.5. The van der Waals surface area contributed by atoms with Crippen LogP contribution in [0.25, 0.3) is 5.76 Å². The van der Waals surface area contributed by atoms with Crippen LogP contribution < -0.4 is 4.74 Å². The second-order valence-electron chi connectivity index (χ2n) is 6.49. The second kappa shape index (κ2) is 8.33. The largest absolute Gasteiger partial charge is 0.487 e. The number of nitrogens with zero attached hydrogens (tertiary/aromatic N) is 2. The van der Waals surface area contributed by atoms with Gasteiger partial charge in [-0.15, -0.1) is 0 Å². The van der Waals surface area contributed by atoms with Crippen LogP contribution in [0, 0.1) is 0 Å². The van der Waals surface area contributed by atoms with Crippen molar-refractivity contribution in [3.05, 3.63) is 66.0 Å². The molecule has 0 spiro atoms. The molecule has 2 aliphatic heterocycles. The van der Waals surface area contributed by atoms with Crippen LogP contribution in [0.15, 0.2) is 54.7 Å². The molecule has 2 aliphatic rings. The summed E-state index contributed by atoms with van der Waals surface area (Å²) in [7, 11) is 0. The highest BCUT2D eigenvalue weighted by molar-refractivity contribution is 5.88. The van der Waals surface area contributed by atoms with Gasteiger partial charge in [-0.05, 0) is 42.5 Å². The summed E-state index contributed by atoms with van der Waals surface area (Å²) in [4.78, 5) is 18.6. The molecule has 0 N–H and O–H groups in total. The Balaban J connectivity index is 1.40. The van der Waals surface area contributed by atoms with Gasteiger partial charge in [0.1, 0.15) is 18.1 Å². The van der Waals surface area contributed by atoms with Crippen molar-refractivity contribution in [2.75, 3.05) is 26.3 Å². The van der Waals surface area contributed by atoms with Crippen LogP contribution in [0.2, 0.25) is 0 Å². The molecule has 2 aromatic rings. The van der Waals surface area contributed by atoms with Gasteiger partial charge in [-0.2, -0.15) is 0 Å². The van der Waals surface area contributed by atoms with E-state index in [1.807, 2.05) is 53.4 Å². The highest BCUT2D eigenvalue weighted by Crippen LogP contribution is 2.27. The number of morpholine rings is 1. The summed E-state index contributed by atoms with van der Waals surface area (Å²) in [6.07, 6.45) is 3.47. The number of ether oxygens (including phenoxy) is 3. The summed E-state index contributed by atoms with van der Waals surface area (Å²) in [6, 6.07) is 13.5. The minimum Gasteiger partial charge on any atom is -0.487 e. The number of benzene rings is 1. The number of rotatable bonds is 5. The fourth-order valence-corrected chi connectivity index (χ4v) is 3.16. The quantitative estimate of drug-likeness (QED) is 0.811. The minimum absolute atomic E-state index is 0.0935. The van der Waals surface area contributed by atoms with Crippen molar-refractivity contribution in [1.82, 2.24) is 9.88 Å². The Hall–Kier alpha value is -2.70. The fourth-order valence-electron chi connectivity index (χ4n) is 3.16. The maximum atomic E-state index is 12.3. The van der Waals surface area contributed by atoms with Crippen LogP contribution >= 0.6 is 0 Å². The summed E-state index contributed by atoms with van der Waals surface area (Å²) >= 11 is 0. The first-order valence-electron chi connectivity index (χ1n) is 9.14. The molecule has 0 aliphatic carbocycles. The Morgan fingerprint density at radius 1 is 1.11 bits per heavy atom. The summed E-state index contributed by atoms with van der Waals surface area (Å²) < 4.78 is 17.2. The van der Waals surface area contributed by atoms with E-state index in [2.05, 4.69) is 4.98 Å². The van der Waals surface area contributed by atoms with E-state index in [0.717, 1.165) is 22.8 Å². The third-order valence-electron chi connectivity index (χ3n) is 4.63. The van der Waals surface area contributed by atoms with Crippen molar-refractivity contribution >= 4 is 11.5 Å². The Morgan fingerprint density at radius 2 is 1.93 bits per heavy atom. The van der Waals surface area contributed by atoms with E-state index >= 15 is 0 Å². The normalized spacial score (nSPS) is 20.7. The summed E-state index contributed by atoms with van der Waals surface area (Å²) in [5.74, 6) is 1.60. The predicted octanol–water partition coefficient (Wildman–Crippen LogP) is 2.65. The summed E-state index contributed by atoms with van der Waals surface area (Å²) in [5.41, 5.74) is 1.82. The number of allylic oxidation sites excluding steroid dienone is 1. The van der Waals surface area contributed by atoms with Crippen molar-refractivity contribution < 1.29 is 19.0 Å². The Morgan fingerprint density at radius 3 is 2.67 bits per heavy atom. The highest BCUT2D eigenvalue weighted by Gasteiger charge is 2.32. The third-order valence-corrected chi connectivity index (χ3v) is 4.63. The number of carbonyl (C=O) groups excluding carboxylic acids is 1. The average molecular weight is 366 g/mol. The molecular weight excluding hydrogens is 344 g/mol. The first kappa shape index (κ1) is 17.7. The lowest BCUT2D eigenvalue weighted by atomic mass is 10.1. The maximum Gasteiger partial charge on any atom is 0.212 e. The average Bonchev–Trinajstić information content (AvgIpc) is 2.74. The molecule has 0 amide bonds. The number of hydrogen-bond acceptors (Lipinski definition) is 6. The summed E-state index contributed by atoms with van der Waals surface area (Å²) in [6.45, 7) is 3.12. The standard InChI is InChI=1S/C21H22N2O4/c24-19-8-9-20(27-21(19)23-11-13-25-14-12-23)16-4-6-18(7-5-16)26-15-17-3-1-2-10-22-17/h1-7,9-10,21H,8,11-15H2. The van der Waals surface area contributed by atoms with E-state index in [4.69, 9.17) is 14.2 Å². The molecule has 1 atom stereocenters. The number of Topliss-reactive ketones (excluding diaryl/α,β-unsaturated/α-hetero) is 1. The van der Waals surface area contributed by atoms with E-state index < -0.39 is 6.23 Å². The Bertz CT molecular complexity index is 799. The molecule has 140 valence electrons. The molecule has 1 unspecified atom stereocenters. The fraction of sp³-hybridized carbons (Fsp3) is 0.333. The van der Waals surface area contributed by atoms with Gasteiger partial charge in [0.05, 0.1) is 18.9 Å². The van der Waals surface area contributed by atoms with E-state index in [0.29, 0.717) is 39.3 Å². The van der Waals surface area contributed by atoms with Crippen LogP contribution in [0.3, 0.4) is 0 Å². The minimum atomic E-state index is -0.519. The zero-order valence-electron chi connectivity index (χ0n) is 15.0. The number of ketones is 1. The van der Waals surface area contributed by atoms with Crippen LogP contribution in [0.5, 0.6) is 5.75 Å². The van der Waals surface area contributed by atoms with Gasteiger partial charge < -0.3 is 14.2 Å². The number of pyridine rings is 1. The van der Waals surface area contributed by atoms with Crippen molar-refractivity contribution in [3.63, 3.8) is 0 Å². The molecule has 4 rings (SSSR count). The number of aromatic nitrogens is 1.